The molecule has 0 aliphatic carbocycles. The number of carbonyl (C=O) groups is 1. The van der Waals surface area contributed by atoms with Crippen molar-refractivity contribution in [1.29, 1.82) is 0 Å². The summed E-state index contributed by atoms with van der Waals surface area (Å²) in [6, 6.07) is 8.25. The third kappa shape index (κ3) is 4.62. The molecule has 1 amide bonds. The summed E-state index contributed by atoms with van der Waals surface area (Å²) in [5.74, 6) is -0.475. The van der Waals surface area contributed by atoms with Crippen molar-refractivity contribution in [3.8, 4) is 0 Å². The van der Waals surface area contributed by atoms with Gasteiger partial charge in [0, 0.05) is 13.0 Å². The van der Waals surface area contributed by atoms with E-state index in [9.17, 15) is 4.79 Å². The molecule has 110 valence electrons. The van der Waals surface area contributed by atoms with Crippen LogP contribution in [0.3, 0.4) is 0 Å². The minimum atomic E-state index is -0.531. The first-order chi connectivity index (χ1) is 9.44. The van der Waals surface area contributed by atoms with Crippen LogP contribution in [0.25, 0.3) is 0 Å². The van der Waals surface area contributed by atoms with Crippen LogP contribution in [0.1, 0.15) is 31.4 Å². The second-order valence-corrected chi connectivity index (χ2v) is 5.74. The largest absolute Gasteiger partial charge is 0.353 e. The Morgan fingerprint density at radius 1 is 1.45 bits per heavy atom. The molecule has 0 radical (unpaired) electrons. The van der Waals surface area contributed by atoms with E-state index in [1.54, 1.807) is 0 Å². The van der Waals surface area contributed by atoms with Crippen molar-refractivity contribution in [1.82, 2.24) is 5.32 Å². The molecule has 1 aliphatic rings. The lowest BCUT2D eigenvalue weighted by Gasteiger charge is -2.17. The van der Waals surface area contributed by atoms with Crippen LogP contribution in [0.5, 0.6) is 0 Å². The second kappa shape index (κ2) is 6.37. The van der Waals surface area contributed by atoms with E-state index < -0.39 is 5.79 Å². The van der Waals surface area contributed by atoms with E-state index in [0.717, 1.165) is 6.42 Å². The number of hydrogen-bond acceptors (Lipinski definition) is 3. The average molecular weight is 277 g/mol. The molecule has 1 atom stereocenters. The average Bonchev–Trinajstić information content (AvgIpc) is 2.74. The van der Waals surface area contributed by atoms with Gasteiger partial charge in [0.2, 0.25) is 5.91 Å². The molecular formula is C16H23NO3. The second-order valence-electron chi connectivity index (χ2n) is 5.74. The minimum absolute atomic E-state index is 0.0482. The van der Waals surface area contributed by atoms with Gasteiger partial charge in [0.05, 0.1) is 6.61 Å². The molecular weight excluding hydrogens is 254 g/mol. The number of amides is 1. The van der Waals surface area contributed by atoms with Crippen molar-refractivity contribution < 1.29 is 14.3 Å². The van der Waals surface area contributed by atoms with Crippen LogP contribution in [-0.4, -0.2) is 30.9 Å². The van der Waals surface area contributed by atoms with Crippen LogP contribution in [0.15, 0.2) is 24.3 Å². The number of hydrogen-bond donors (Lipinski definition) is 1. The fourth-order valence-corrected chi connectivity index (χ4v) is 2.31. The molecule has 4 heteroatoms. The van der Waals surface area contributed by atoms with Gasteiger partial charge in [-0.3, -0.25) is 4.79 Å². The quantitative estimate of drug-likeness (QED) is 0.897. The first-order valence-electron chi connectivity index (χ1n) is 7.09. The number of rotatable bonds is 5. The third-order valence-corrected chi connectivity index (χ3v) is 3.32. The Bertz CT molecular complexity index is 471. The molecule has 1 N–H and O–H groups in total. The summed E-state index contributed by atoms with van der Waals surface area (Å²) in [5.41, 5.74) is 2.42. The molecule has 0 spiro atoms. The van der Waals surface area contributed by atoms with Crippen molar-refractivity contribution >= 4 is 5.91 Å². The molecule has 0 saturated carbocycles. The van der Waals surface area contributed by atoms with Gasteiger partial charge in [0.1, 0.15) is 6.10 Å². The first kappa shape index (κ1) is 15.0. The highest BCUT2D eigenvalue weighted by atomic mass is 16.7. The van der Waals surface area contributed by atoms with E-state index in [1.165, 1.54) is 11.1 Å². The van der Waals surface area contributed by atoms with Gasteiger partial charge in [-0.2, -0.15) is 0 Å². The molecule has 0 aromatic heterocycles. The Labute approximate surface area is 120 Å². The molecule has 1 aromatic carbocycles. The number of aryl methyl sites for hydroxylation is 2. The van der Waals surface area contributed by atoms with Crippen LogP contribution < -0.4 is 5.32 Å². The summed E-state index contributed by atoms with van der Waals surface area (Å²) < 4.78 is 11.1. The summed E-state index contributed by atoms with van der Waals surface area (Å²) in [5, 5.41) is 2.90. The van der Waals surface area contributed by atoms with E-state index in [0.29, 0.717) is 19.6 Å². The lowest BCUT2D eigenvalue weighted by atomic mass is 10.1. The van der Waals surface area contributed by atoms with Crippen LogP contribution in [-0.2, 0) is 20.7 Å². The number of benzene rings is 1. The lowest BCUT2D eigenvalue weighted by molar-refractivity contribution is -0.139. The summed E-state index contributed by atoms with van der Waals surface area (Å²) in [6.45, 7) is 6.86. The first-order valence-corrected chi connectivity index (χ1v) is 7.09. The maximum Gasteiger partial charge on any atom is 0.220 e. The van der Waals surface area contributed by atoms with Crippen LogP contribution >= 0.6 is 0 Å². The van der Waals surface area contributed by atoms with E-state index in [4.69, 9.17) is 9.47 Å². The van der Waals surface area contributed by atoms with Crippen molar-refractivity contribution in [2.24, 2.45) is 0 Å². The van der Waals surface area contributed by atoms with Gasteiger partial charge in [-0.05, 0) is 32.8 Å². The van der Waals surface area contributed by atoms with Gasteiger partial charge in [-0.25, -0.2) is 0 Å². The molecule has 1 aromatic rings. The van der Waals surface area contributed by atoms with Crippen LogP contribution in [0, 0.1) is 6.92 Å². The maximum absolute atomic E-state index is 11.8. The molecule has 1 fully saturated rings. The zero-order valence-electron chi connectivity index (χ0n) is 12.4. The van der Waals surface area contributed by atoms with E-state index in [-0.39, 0.29) is 12.0 Å². The fourth-order valence-electron chi connectivity index (χ4n) is 2.31. The maximum atomic E-state index is 11.8. The summed E-state index contributed by atoms with van der Waals surface area (Å²) >= 11 is 0. The fraction of sp³-hybridized carbons (Fsp3) is 0.562. The Morgan fingerprint density at radius 2 is 2.25 bits per heavy atom. The standard InChI is InChI=1S/C16H23NO3/c1-12-5-4-6-13(9-12)7-8-15(18)17-10-14-11-19-16(2,3)20-14/h4-6,9,14H,7-8,10-11H2,1-3H3,(H,17,18). The van der Waals surface area contributed by atoms with Gasteiger partial charge in [0.15, 0.2) is 5.79 Å². The number of carbonyl (C=O) groups excluding carboxylic acids is 1. The predicted octanol–water partition coefficient (Wildman–Crippen LogP) is 2.20. The topological polar surface area (TPSA) is 47.6 Å². The Balaban J connectivity index is 1.68. The van der Waals surface area contributed by atoms with Gasteiger partial charge < -0.3 is 14.8 Å². The highest BCUT2D eigenvalue weighted by Gasteiger charge is 2.32. The van der Waals surface area contributed by atoms with Crippen molar-refractivity contribution in [2.45, 2.75) is 45.5 Å². The van der Waals surface area contributed by atoms with Crippen molar-refractivity contribution in [2.75, 3.05) is 13.2 Å². The minimum Gasteiger partial charge on any atom is -0.353 e. The Morgan fingerprint density at radius 3 is 2.90 bits per heavy atom. The molecule has 20 heavy (non-hydrogen) atoms. The molecule has 4 nitrogen and oxygen atoms in total. The normalized spacial score (nSPS) is 20.9. The van der Waals surface area contributed by atoms with E-state index in [1.807, 2.05) is 19.9 Å². The lowest BCUT2D eigenvalue weighted by Crippen LogP contribution is -2.34. The van der Waals surface area contributed by atoms with Gasteiger partial charge in [-0.1, -0.05) is 29.8 Å². The Hall–Kier alpha value is -1.39. The third-order valence-electron chi connectivity index (χ3n) is 3.32. The molecule has 1 aliphatic heterocycles. The molecule has 1 unspecified atom stereocenters. The van der Waals surface area contributed by atoms with Crippen LogP contribution in [0.2, 0.25) is 0 Å². The molecule has 1 heterocycles. The summed E-state index contributed by atoms with van der Waals surface area (Å²) in [4.78, 5) is 11.8. The smallest absolute Gasteiger partial charge is 0.220 e. The monoisotopic (exact) mass is 277 g/mol. The zero-order chi connectivity index (χ0) is 14.6. The predicted molar refractivity (Wildman–Crippen MR) is 77.4 cm³/mol. The highest BCUT2D eigenvalue weighted by Crippen LogP contribution is 2.21. The van der Waals surface area contributed by atoms with Gasteiger partial charge in [-0.15, -0.1) is 0 Å². The molecule has 1 saturated heterocycles. The molecule has 2 rings (SSSR count). The summed E-state index contributed by atoms with van der Waals surface area (Å²) in [6.07, 6.45) is 1.22. The SMILES string of the molecule is Cc1cccc(CCC(=O)NCC2COC(C)(C)O2)c1. The van der Waals surface area contributed by atoms with E-state index >= 15 is 0 Å². The zero-order valence-corrected chi connectivity index (χ0v) is 12.4. The van der Waals surface area contributed by atoms with Crippen LogP contribution in [0.4, 0.5) is 0 Å². The Kier molecular flexibility index (Phi) is 4.78. The summed E-state index contributed by atoms with van der Waals surface area (Å²) in [7, 11) is 0. The number of nitrogens with one attached hydrogen (secondary N) is 1. The van der Waals surface area contributed by atoms with Gasteiger partial charge in [0.25, 0.3) is 0 Å². The van der Waals surface area contributed by atoms with E-state index in [2.05, 4.69) is 30.4 Å². The number of ether oxygens (including phenoxy) is 2. The van der Waals surface area contributed by atoms with Crippen molar-refractivity contribution in [3.63, 3.8) is 0 Å². The highest BCUT2D eigenvalue weighted by molar-refractivity contribution is 5.76. The molecule has 0 bridgehead atoms. The van der Waals surface area contributed by atoms with Gasteiger partial charge >= 0.3 is 0 Å². The van der Waals surface area contributed by atoms with Crippen molar-refractivity contribution in [3.05, 3.63) is 35.4 Å².